The number of ether oxygens (including phenoxy) is 2. The summed E-state index contributed by atoms with van der Waals surface area (Å²) in [7, 11) is 3.22. The molecule has 0 heterocycles. The van der Waals surface area contributed by atoms with Crippen molar-refractivity contribution < 1.29 is 9.47 Å². The first kappa shape index (κ1) is 12.8. The summed E-state index contributed by atoms with van der Waals surface area (Å²) in [6.07, 6.45) is 5.38. The summed E-state index contributed by atoms with van der Waals surface area (Å²) in [5.41, 5.74) is 2.68. The van der Waals surface area contributed by atoms with E-state index in [-0.39, 0.29) is 0 Å². The van der Waals surface area contributed by atoms with E-state index in [0.29, 0.717) is 11.5 Å². The molecule has 0 saturated carbocycles. The Bertz CT molecular complexity index is 614. The highest BCUT2D eigenvalue weighted by Gasteiger charge is 2.04. The van der Waals surface area contributed by atoms with Crippen molar-refractivity contribution in [1.82, 2.24) is 0 Å². The lowest BCUT2D eigenvalue weighted by Gasteiger charge is -2.11. The van der Waals surface area contributed by atoms with Gasteiger partial charge in [-0.2, -0.15) is 0 Å². The van der Waals surface area contributed by atoms with E-state index in [1.807, 2.05) is 42.5 Å². The largest absolute Gasteiger partial charge is 0.493 e. The third kappa shape index (κ3) is 2.99. The second kappa shape index (κ2) is 5.83. The van der Waals surface area contributed by atoms with Crippen LogP contribution >= 0.6 is 0 Å². The van der Waals surface area contributed by atoms with Crippen LogP contribution in [-0.2, 0) is 0 Å². The second-order valence-electron chi connectivity index (χ2n) is 3.92. The molecule has 3 heteroatoms. The molecule has 0 fully saturated rings. The quantitative estimate of drug-likeness (QED) is 0.847. The number of methoxy groups -OCH3 is 2. The summed E-state index contributed by atoms with van der Waals surface area (Å²) in [4.78, 5) is 0. The molecule has 96 valence electrons. The molecule has 2 aromatic rings. The van der Waals surface area contributed by atoms with Crippen molar-refractivity contribution in [1.29, 1.82) is 0 Å². The number of anilines is 2. The van der Waals surface area contributed by atoms with Gasteiger partial charge < -0.3 is 14.8 Å². The number of rotatable bonds is 4. The van der Waals surface area contributed by atoms with Crippen LogP contribution in [0.2, 0.25) is 0 Å². The van der Waals surface area contributed by atoms with Crippen LogP contribution < -0.4 is 14.8 Å². The molecular formula is C16H15NO2. The minimum Gasteiger partial charge on any atom is -0.493 e. The molecule has 0 radical (unpaired) electrons. The molecule has 0 aliphatic rings. The van der Waals surface area contributed by atoms with Crippen LogP contribution in [0, 0.1) is 12.3 Å². The molecule has 0 aliphatic carbocycles. The highest BCUT2D eigenvalue weighted by Crippen LogP contribution is 2.31. The molecule has 2 aromatic carbocycles. The van der Waals surface area contributed by atoms with Gasteiger partial charge in [0.05, 0.1) is 14.2 Å². The maximum Gasteiger partial charge on any atom is 0.162 e. The average Bonchev–Trinajstić information content (AvgIpc) is 2.47. The topological polar surface area (TPSA) is 30.5 Å². The van der Waals surface area contributed by atoms with E-state index in [2.05, 4.69) is 11.2 Å². The van der Waals surface area contributed by atoms with Gasteiger partial charge >= 0.3 is 0 Å². The number of nitrogens with one attached hydrogen (secondary N) is 1. The van der Waals surface area contributed by atoms with Crippen LogP contribution in [-0.4, -0.2) is 14.2 Å². The highest BCUT2D eigenvalue weighted by atomic mass is 16.5. The zero-order valence-corrected chi connectivity index (χ0v) is 10.9. The van der Waals surface area contributed by atoms with Gasteiger partial charge in [0, 0.05) is 23.0 Å². The van der Waals surface area contributed by atoms with Gasteiger partial charge in [0.25, 0.3) is 0 Å². The van der Waals surface area contributed by atoms with Crippen LogP contribution in [0.5, 0.6) is 11.5 Å². The van der Waals surface area contributed by atoms with E-state index in [1.165, 1.54) is 0 Å². The van der Waals surface area contributed by atoms with Gasteiger partial charge in [0.1, 0.15) is 0 Å². The Morgan fingerprint density at radius 2 is 1.68 bits per heavy atom. The molecule has 3 nitrogen and oxygen atoms in total. The van der Waals surface area contributed by atoms with E-state index >= 15 is 0 Å². The van der Waals surface area contributed by atoms with Crippen molar-refractivity contribution in [3.63, 3.8) is 0 Å². The zero-order chi connectivity index (χ0) is 13.7. The van der Waals surface area contributed by atoms with Crippen LogP contribution in [0.15, 0.2) is 42.5 Å². The van der Waals surface area contributed by atoms with Crippen LogP contribution in [0.3, 0.4) is 0 Å². The predicted molar refractivity (Wildman–Crippen MR) is 77.2 cm³/mol. The molecule has 0 spiro atoms. The fourth-order valence-corrected chi connectivity index (χ4v) is 1.77. The highest BCUT2D eigenvalue weighted by molar-refractivity contribution is 5.64. The number of benzene rings is 2. The molecule has 0 saturated heterocycles. The summed E-state index contributed by atoms with van der Waals surface area (Å²) in [5, 5.41) is 3.27. The summed E-state index contributed by atoms with van der Waals surface area (Å²) in [6, 6.07) is 13.3. The van der Waals surface area contributed by atoms with Crippen molar-refractivity contribution in [3.8, 4) is 23.8 Å². The Hall–Kier alpha value is -2.60. The number of hydrogen-bond acceptors (Lipinski definition) is 3. The molecule has 1 N–H and O–H groups in total. The van der Waals surface area contributed by atoms with Crippen molar-refractivity contribution >= 4 is 11.4 Å². The average molecular weight is 253 g/mol. The van der Waals surface area contributed by atoms with Gasteiger partial charge in [-0.25, -0.2) is 0 Å². The number of hydrogen-bond donors (Lipinski definition) is 1. The lowest BCUT2D eigenvalue weighted by Crippen LogP contribution is -1.94. The molecule has 0 aromatic heterocycles. The van der Waals surface area contributed by atoms with Crippen LogP contribution in [0.25, 0.3) is 0 Å². The molecule has 19 heavy (non-hydrogen) atoms. The Kier molecular flexibility index (Phi) is 3.94. The van der Waals surface area contributed by atoms with Gasteiger partial charge in [-0.05, 0) is 30.3 Å². The maximum absolute atomic E-state index is 5.38. The normalized spacial score (nSPS) is 9.53. The first-order chi connectivity index (χ1) is 9.26. The van der Waals surface area contributed by atoms with E-state index in [9.17, 15) is 0 Å². The lowest BCUT2D eigenvalue weighted by molar-refractivity contribution is 0.355. The Balaban J connectivity index is 2.26. The van der Waals surface area contributed by atoms with Gasteiger partial charge in [-0.1, -0.05) is 12.0 Å². The molecule has 2 rings (SSSR count). The Morgan fingerprint density at radius 1 is 0.947 bits per heavy atom. The number of terminal acetylenes is 1. The molecule has 0 unspecified atom stereocenters. The smallest absolute Gasteiger partial charge is 0.162 e. The molecular weight excluding hydrogens is 238 g/mol. The monoisotopic (exact) mass is 253 g/mol. The van der Waals surface area contributed by atoms with Crippen molar-refractivity contribution in [2.75, 3.05) is 19.5 Å². The lowest BCUT2D eigenvalue weighted by atomic mass is 10.2. The third-order valence-corrected chi connectivity index (χ3v) is 2.70. The Labute approximate surface area is 113 Å². The summed E-state index contributed by atoms with van der Waals surface area (Å²) < 4.78 is 10.5. The van der Waals surface area contributed by atoms with Gasteiger partial charge in [-0.15, -0.1) is 6.42 Å². The first-order valence-electron chi connectivity index (χ1n) is 5.82. The van der Waals surface area contributed by atoms with Crippen LogP contribution in [0.4, 0.5) is 11.4 Å². The van der Waals surface area contributed by atoms with Gasteiger partial charge in [-0.3, -0.25) is 0 Å². The fraction of sp³-hybridized carbons (Fsp3) is 0.125. The van der Waals surface area contributed by atoms with Crippen molar-refractivity contribution in [2.45, 2.75) is 0 Å². The van der Waals surface area contributed by atoms with E-state index in [4.69, 9.17) is 15.9 Å². The third-order valence-electron chi connectivity index (χ3n) is 2.70. The standard InChI is InChI=1S/C16H15NO2/c1-4-12-6-5-7-13(10-12)17-14-8-9-15(18-2)16(11-14)19-3/h1,5-11,17H,2-3H3. The minimum absolute atomic E-state index is 0.681. The second-order valence-corrected chi connectivity index (χ2v) is 3.92. The fourth-order valence-electron chi connectivity index (χ4n) is 1.77. The SMILES string of the molecule is C#Cc1cccc(Nc2ccc(OC)c(OC)c2)c1. The molecule has 0 amide bonds. The molecule has 0 aliphatic heterocycles. The van der Waals surface area contributed by atoms with Crippen molar-refractivity contribution in [3.05, 3.63) is 48.0 Å². The minimum atomic E-state index is 0.681. The Morgan fingerprint density at radius 3 is 2.37 bits per heavy atom. The summed E-state index contributed by atoms with van der Waals surface area (Å²) in [5.74, 6) is 3.99. The maximum atomic E-state index is 5.38. The summed E-state index contributed by atoms with van der Waals surface area (Å²) >= 11 is 0. The van der Waals surface area contributed by atoms with E-state index in [1.54, 1.807) is 14.2 Å². The van der Waals surface area contributed by atoms with Crippen molar-refractivity contribution in [2.24, 2.45) is 0 Å². The predicted octanol–water partition coefficient (Wildman–Crippen LogP) is 3.43. The van der Waals surface area contributed by atoms with Gasteiger partial charge in [0.15, 0.2) is 11.5 Å². The molecule has 0 bridgehead atoms. The zero-order valence-electron chi connectivity index (χ0n) is 10.9. The molecule has 0 atom stereocenters. The van der Waals surface area contributed by atoms with Gasteiger partial charge in [0.2, 0.25) is 0 Å². The van der Waals surface area contributed by atoms with E-state index < -0.39 is 0 Å². The first-order valence-corrected chi connectivity index (χ1v) is 5.82. The van der Waals surface area contributed by atoms with Crippen LogP contribution in [0.1, 0.15) is 5.56 Å². The summed E-state index contributed by atoms with van der Waals surface area (Å²) in [6.45, 7) is 0. The van der Waals surface area contributed by atoms with E-state index in [0.717, 1.165) is 16.9 Å².